The van der Waals surface area contributed by atoms with Crippen molar-refractivity contribution >= 4 is 18.6 Å². The van der Waals surface area contributed by atoms with E-state index in [2.05, 4.69) is 10.3 Å². The third kappa shape index (κ3) is 6.35. The molecule has 6 rings (SSSR count). The first-order valence-electron chi connectivity index (χ1n) is 15.8. The summed E-state index contributed by atoms with van der Waals surface area (Å²) in [5.41, 5.74) is -2.76. The van der Waals surface area contributed by atoms with Crippen LogP contribution in [-0.2, 0) is 25.1 Å². The van der Waals surface area contributed by atoms with Crippen molar-refractivity contribution in [1.82, 2.24) is 5.32 Å². The van der Waals surface area contributed by atoms with Gasteiger partial charge in [0.15, 0.2) is 12.1 Å². The number of rotatable bonds is 8. The Balaban J connectivity index is 1.51. The van der Waals surface area contributed by atoms with Crippen molar-refractivity contribution in [1.29, 1.82) is 0 Å². The Morgan fingerprint density at radius 2 is 1.27 bits per heavy atom. The van der Waals surface area contributed by atoms with Crippen molar-refractivity contribution in [2.75, 3.05) is 34.0 Å². The van der Waals surface area contributed by atoms with Gasteiger partial charge in [0.2, 0.25) is 0 Å². The Labute approximate surface area is 283 Å². The van der Waals surface area contributed by atoms with Gasteiger partial charge in [-0.3, -0.25) is 0 Å². The van der Waals surface area contributed by atoms with E-state index in [1.807, 2.05) is 68.4 Å². The highest BCUT2D eigenvalue weighted by Gasteiger charge is 2.57. The van der Waals surface area contributed by atoms with E-state index in [9.17, 15) is 0 Å². The lowest BCUT2D eigenvalue weighted by Gasteiger charge is -2.42. The molecule has 4 aromatic rings. The predicted molar refractivity (Wildman–Crippen MR) is 179 cm³/mol. The summed E-state index contributed by atoms with van der Waals surface area (Å²) in [6.07, 6.45) is 0. The second-order valence-corrected chi connectivity index (χ2v) is 13.2. The number of amidine groups is 1. The highest BCUT2D eigenvalue weighted by Crippen LogP contribution is 2.46. The van der Waals surface area contributed by atoms with E-state index < -0.39 is 47.9 Å². The Morgan fingerprint density at radius 3 is 1.80 bits per heavy atom. The SMILES string of the molecule is COc1ccc(C(NC2=NC(C)(c3cc(B4OCC(C)(C)CO4)c(F)cc3F)C(F)(F)CO2)(c2ccccc2)c2ccc(OC)cc2)cc1. The molecule has 0 radical (unpaired) electrons. The summed E-state index contributed by atoms with van der Waals surface area (Å²) < 4.78 is 90.8. The summed E-state index contributed by atoms with van der Waals surface area (Å²) in [5, 5.41) is 3.34. The maximum Gasteiger partial charge on any atom is 0.496 e. The normalized spacial score (nSPS) is 20.2. The fourth-order valence-electron chi connectivity index (χ4n) is 6.18. The lowest BCUT2D eigenvalue weighted by Crippen LogP contribution is -2.56. The third-order valence-electron chi connectivity index (χ3n) is 9.09. The number of nitrogens with zero attached hydrogens (tertiary/aromatic N) is 1. The van der Waals surface area contributed by atoms with Gasteiger partial charge in [0.05, 0.1) is 14.2 Å². The number of aliphatic imine (C=N–C) groups is 1. The Kier molecular flexibility index (Phi) is 9.14. The number of hydrogen-bond acceptors (Lipinski definition) is 7. The van der Waals surface area contributed by atoms with Gasteiger partial charge >= 0.3 is 13.0 Å². The second-order valence-electron chi connectivity index (χ2n) is 13.2. The van der Waals surface area contributed by atoms with Crippen LogP contribution in [0.5, 0.6) is 11.5 Å². The summed E-state index contributed by atoms with van der Waals surface area (Å²) in [6, 6.07) is 25.2. The quantitative estimate of drug-likeness (QED) is 0.130. The molecule has 0 saturated carbocycles. The molecule has 1 N–H and O–H groups in total. The minimum Gasteiger partial charge on any atom is -0.497 e. The molecule has 2 aliphatic heterocycles. The zero-order valence-electron chi connectivity index (χ0n) is 27.9. The van der Waals surface area contributed by atoms with Gasteiger partial charge in [-0.05, 0) is 47.9 Å². The first-order chi connectivity index (χ1) is 23.3. The zero-order valence-corrected chi connectivity index (χ0v) is 27.9. The molecule has 1 saturated heterocycles. The van der Waals surface area contributed by atoms with Crippen LogP contribution in [0.1, 0.15) is 43.0 Å². The van der Waals surface area contributed by atoms with Crippen LogP contribution in [0, 0.1) is 17.0 Å². The van der Waals surface area contributed by atoms with E-state index in [4.69, 9.17) is 23.5 Å². The number of halogens is 4. The summed E-state index contributed by atoms with van der Waals surface area (Å²) >= 11 is 0. The number of hydrogen-bond donors (Lipinski definition) is 1. The van der Waals surface area contributed by atoms with E-state index >= 15 is 17.6 Å². The molecule has 49 heavy (non-hydrogen) atoms. The molecule has 7 nitrogen and oxygen atoms in total. The van der Waals surface area contributed by atoms with Crippen molar-refractivity contribution in [3.8, 4) is 11.5 Å². The Hall–Kier alpha value is -4.55. The Morgan fingerprint density at radius 1 is 0.735 bits per heavy atom. The number of nitrogens with one attached hydrogen (secondary N) is 1. The van der Waals surface area contributed by atoms with Crippen LogP contribution < -0.4 is 20.3 Å². The third-order valence-corrected chi connectivity index (χ3v) is 9.09. The molecule has 4 aromatic carbocycles. The van der Waals surface area contributed by atoms with Crippen LogP contribution in [0.25, 0.3) is 0 Å². The fraction of sp³-hybridized carbons (Fsp3) is 0.324. The minimum absolute atomic E-state index is 0.199. The smallest absolute Gasteiger partial charge is 0.496 e. The van der Waals surface area contributed by atoms with Crippen molar-refractivity contribution < 1.29 is 41.1 Å². The van der Waals surface area contributed by atoms with Crippen LogP contribution in [-0.4, -0.2) is 53.1 Å². The topological polar surface area (TPSA) is 70.5 Å². The average Bonchev–Trinajstić information content (AvgIpc) is 3.10. The van der Waals surface area contributed by atoms with Crippen molar-refractivity contribution in [2.45, 2.75) is 37.8 Å². The minimum atomic E-state index is -3.71. The van der Waals surface area contributed by atoms with E-state index in [-0.39, 0.29) is 30.1 Å². The van der Waals surface area contributed by atoms with Crippen molar-refractivity contribution in [2.24, 2.45) is 10.4 Å². The number of benzene rings is 4. The molecule has 1 atom stereocenters. The molecule has 0 bridgehead atoms. The van der Waals surface area contributed by atoms with Gasteiger partial charge in [-0.25, -0.2) is 13.8 Å². The zero-order chi connectivity index (χ0) is 35.0. The first-order valence-corrected chi connectivity index (χ1v) is 15.8. The monoisotopic (exact) mass is 676 g/mol. The number of ether oxygens (including phenoxy) is 3. The Bertz CT molecular complexity index is 1770. The number of methoxy groups -OCH3 is 2. The van der Waals surface area contributed by atoms with Gasteiger partial charge in [0, 0.05) is 35.7 Å². The molecular formula is C37H37BF4N2O5. The van der Waals surface area contributed by atoms with E-state index in [1.165, 1.54) is 0 Å². The molecular weight excluding hydrogens is 639 g/mol. The standard InChI is InChI=1S/C37H37BF4N2O5/c1-34(2)21-48-38(49-22-34)30-19-29(31(39)20-32(30)40)35(3)36(41,42)23-47-33(43-35)44-37(24-9-7-6-8-10-24,25-11-15-27(45-4)16-12-25)26-13-17-28(46-5)18-14-26/h6-20H,21-23H2,1-5H3,(H,43,44). The maximum absolute atomic E-state index is 16.0. The van der Waals surface area contributed by atoms with Crippen LogP contribution in [0.2, 0.25) is 0 Å². The van der Waals surface area contributed by atoms with Gasteiger partial charge in [-0.2, -0.15) is 8.78 Å². The van der Waals surface area contributed by atoms with E-state index in [0.717, 1.165) is 18.6 Å². The van der Waals surface area contributed by atoms with Crippen LogP contribution in [0.15, 0.2) is 96.0 Å². The second kappa shape index (κ2) is 13.1. The molecule has 0 amide bonds. The summed E-state index contributed by atoms with van der Waals surface area (Å²) in [7, 11) is 1.90. The molecule has 12 heteroatoms. The molecule has 2 heterocycles. The largest absolute Gasteiger partial charge is 0.497 e. The molecule has 1 unspecified atom stereocenters. The lowest BCUT2D eigenvalue weighted by molar-refractivity contribution is -0.118. The first kappa shape index (κ1) is 34.3. The molecule has 1 fully saturated rings. The van der Waals surface area contributed by atoms with Crippen molar-refractivity contribution in [3.05, 3.63) is 125 Å². The van der Waals surface area contributed by atoms with E-state index in [0.29, 0.717) is 28.7 Å². The maximum atomic E-state index is 16.0. The lowest BCUT2D eigenvalue weighted by atomic mass is 9.72. The number of alkyl halides is 2. The summed E-state index contributed by atoms with van der Waals surface area (Å²) in [6.45, 7) is 4.26. The van der Waals surface area contributed by atoms with Gasteiger partial charge in [-0.1, -0.05) is 74.5 Å². The predicted octanol–water partition coefficient (Wildman–Crippen LogP) is 6.57. The highest BCUT2D eigenvalue weighted by molar-refractivity contribution is 6.61. The van der Waals surface area contributed by atoms with Crippen LogP contribution in [0.3, 0.4) is 0 Å². The van der Waals surface area contributed by atoms with Gasteiger partial charge in [0.25, 0.3) is 6.02 Å². The molecule has 2 aliphatic rings. The van der Waals surface area contributed by atoms with Gasteiger partial charge in [-0.15, -0.1) is 0 Å². The van der Waals surface area contributed by atoms with Crippen molar-refractivity contribution in [3.63, 3.8) is 0 Å². The van der Waals surface area contributed by atoms with Crippen LogP contribution in [0.4, 0.5) is 17.6 Å². The van der Waals surface area contributed by atoms with Crippen LogP contribution >= 0.6 is 0 Å². The fourth-order valence-corrected chi connectivity index (χ4v) is 6.18. The van der Waals surface area contributed by atoms with Gasteiger partial charge < -0.3 is 28.8 Å². The average molecular weight is 677 g/mol. The summed E-state index contributed by atoms with van der Waals surface area (Å²) in [4.78, 5) is 4.41. The molecule has 0 aromatic heterocycles. The van der Waals surface area contributed by atoms with E-state index in [1.54, 1.807) is 38.5 Å². The summed E-state index contributed by atoms with van der Waals surface area (Å²) in [5.74, 6) is -4.66. The molecule has 0 spiro atoms. The van der Waals surface area contributed by atoms with Gasteiger partial charge in [0.1, 0.15) is 28.7 Å². The highest BCUT2D eigenvalue weighted by atomic mass is 19.3. The molecule has 256 valence electrons. The molecule has 0 aliphatic carbocycles.